The summed E-state index contributed by atoms with van der Waals surface area (Å²) in [5.41, 5.74) is 5.86. The van der Waals surface area contributed by atoms with E-state index in [1.54, 1.807) is 24.5 Å². The highest BCUT2D eigenvalue weighted by atomic mass is 19.2. The van der Waals surface area contributed by atoms with Gasteiger partial charge in [0.1, 0.15) is 5.70 Å². The van der Waals surface area contributed by atoms with E-state index in [4.69, 9.17) is 5.73 Å². The van der Waals surface area contributed by atoms with Crippen molar-refractivity contribution in [2.75, 3.05) is 38.0 Å². The lowest BCUT2D eigenvalue weighted by atomic mass is 10.1. The van der Waals surface area contributed by atoms with Crippen LogP contribution in [0.25, 0.3) is 0 Å². The third-order valence-corrected chi connectivity index (χ3v) is 4.87. The fraction of sp³-hybridized carbons (Fsp3) is 0.238. The lowest BCUT2D eigenvalue weighted by Gasteiger charge is -2.34. The van der Waals surface area contributed by atoms with Gasteiger partial charge in [0.05, 0.1) is 18.4 Å². The number of hydrogen-bond donors (Lipinski definition) is 4. The molecule has 1 fully saturated rings. The number of nitrogens with one attached hydrogen (secondary N) is 2. The lowest BCUT2D eigenvalue weighted by molar-refractivity contribution is -0.133. The lowest BCUT2D eigenvalue weighted by Crippen LogP contribution is -2.52. The minimum absolute atomic E-state index is 0. The van der Waals surface area contributed by atoms with Crippen LogP contribution >= 0.6 is 0 Å². The Labute approximate surface area is 194 Å². The molecule has 0 atom stereocenters. The number of benzene rings is 1. The van der Waals surface area contributed by atoms with Crippen molar-refractivity contribution in [2.45, 2.75) is 0 Å². The Morgan fingerprint density at radius 1 is 1.09 bits per heavy atom. The summed E-state index contributed by atoms with van der Waals surface area (Å²) in [6.45, 7) is 0.218. The van der Waals surface area contributed by atoms with Gasteiger partial charge >= 0.3 is 0 Å². The van der Waals surface area contributed by atoms with Crippen molar-refractivity contribution >= 4 is 23.4 Å². The maximum atomic E-state index is 13.4. The molecule has 10 nitrogen and oxygen atoms in total. The SMILES string of the molecule is N.N/C(=C\Nc1cccnc1)C(=O)NCC(=O)N1CCN(C(=O)c2cc(F)c(F)c(F)c2)CC1.[HH]. The van der Waals surface area contributed by atoms with E-state index >= 15 is 0 Å². The number of amides is 3. The fourth-order valence-electron chi connectivity index (χ4n) is 3.07. The van der Waals surface area contributed by atoms with E-state index in [0.717, 1.165) is 0 Å². The molecule has 0 bridgehead atoms. The van der Waals surface area contributed by atoms with Gasteiger partial charge in [-0.25, -0.2) is 13.2 Å². The average Bonchev–Trinajstić information content (AvgIpc) is 2.84. The molecule has 3 amide bonds. The van der Waals surface area contributed by atoms with E-state index in [-0.39, 0.29) is 57.5 Å². The van der Waals surface area contributed by atoms with E-state index in [0.29, 0.717) is 17.8 Å². The molecule has 184 valence electrons. The molecule has 1 saturated heterocycles. The molecule has 0 aliphatic carbocycles. The van der Waals surface area contributed by atoms with Crippen LogP contribution in [-0.2, 0) is 9.59 Å². The number of carbonyl (C=O) groups is 3. The van der Waals surface area contributed by atoms with Crippen LogP contribution in [0.1, 0.15) is 11.8 Å². The Morgan fingerprint density at radius 2 is 1.71 bits per heavy atom. The maximum absolute atomic E-state index is 13.4. The van der Waals surface area contributed by atoms with Crippen molar-refractivity contribution in [2.24, 2.45) is 5.73 Å². The maximum Gasteiger partial charge on any atom is 0.269 e. The molecule has 2 aromatic rings. The van der Waals surface area contributed by atoms with Gasteiger partial charge in [0.2, 0.25) is 5.91 Å². The molecule has 0 radical (unpaired) electrons. The highest BCUT2D eigenvalue weighted by Gasteiger charge is 2.26. The summed E-state index contributed by atoms with van der Waals surface area (Å²) in [4.78, 5) is 43.5. The Kier molecular flexibility index (Phi) is 8.95. The molecule has 0 saturated carbocycles. The zero-order valence-corrected chi connectivity index (χ0v) is 18.1. The largest absolute Gasteiger partial charge is 0.393 e. The van der Waals surface area contributed by atoms with Crippen LogP contribution in [0.3, 0.4) is 0 Å². The topological polar surface area (TPSA) is 156 Å². The predicted octanol–water partition coefficient (Wildman–Crippen LogP) is 1.22. The number of carbonyl (C=O) groups excluding carboxylic acids is 3. The van der Waals surface area contributed by atoms with Crippen molar-refractivity contribution in [3.63, 3.8) is 0 Å². The van der Waals surface area contributed by atoms with Crippen molar-refractivity contribution in [3.05, 3.63) is 71.6 Å². The number of anilines is 1. The van der Waals surface area contributed by atoms with Gasteiger partial charge in [0.15, 0.2) is 17.5 Å². The first-order valence-corrected chi connectivity index (χ1v) is 9.88. The van der Waals surface area contributed by atoms with Gasteiger partial charge in [0, 0.05) is 45.6 Å². The van der Waals surface area contributed by atoms with E-state index in [9.17, 15) is 27.6 Å². The second-order valence-corrected chi connectivity index (χ2v) is 7.10. The van der Waals surface area contributed by atoms with Gasteiger partial charge in [-0.1, -0.05) is 0 Å². The zero-order chi connectivity index (χ0) is 24.0. The van der Waals surface area contributed by atoms with Crippen molar-refractivity contribution in [1.29, 1.82) is 0 Å². The number of pyridine rings is 1. The summed E-state index contributed by atoms with van der Waals surface area (Å²) >= 11 is 0. The van der Waals surface area contributed by atoms with Gasteiger partial charge in [-0.15, -0.1) is 0 Å². The molecular weight excluding hydrogens is 455 g/mol. The summed E-state index contributed by atoms with van der Waals surface area (Å²) in [5.74, 6) is -6.26. The van der Waals surface area contributed by atoms with Gasteiger partial charge in [0.25, 0.3) is 11.8 Å². The number of rotatable bonds is 6. The minimum atomic E-state index is -1.65. The number of nitrogens with zero attached hydrogens (tertiary/aromatic N) is 3. The molecule has 0 spiro atoms. The van der Waals surface area contributed by atoms with E-state index in [2.05, 4.69) is 15.6 Å². The number of halogens is 3. The molecule has 2 heterocycles. The molecule has 7 N–H and O–H groups in total. The first-order valence-electron chi connectivity index (χ1n) is 9.88. The zero-order valence-electron chi connectivity index (χ0n) is 18.1. The highest BCUT2D eigenvalue weighted by molar-refractivity contribution is 5.96. The molecular formula is C21H26F3N7O3. The standard InChI is InChI=1S/C21H21F3N6O3.H3N.H2/c22-15-8-13(9-16(23)19(15)24)21(33)30-6-4-29(5-7-30)18(31)12-28-20(32)17(25)11-27-14-2-1-3-26-10-14;;/h1-3,8-11,27H,4-7,12,25H2,(H,28,32);1H3;1H/b17-11-;;. The van der Waals surface area contributed by atoms with Crippen LogP contribution in [-0.4, -0.2) is 65.2 Å². The third-order valence-electron chi connectivity index (χ3n) is 4.87. The quantitative estimate of drug-likeness (QED) is 0.357. The highest BCUT2D eigenvalue weighted by Crippen LogP contribution is 2.16. The third kappa shape index (κ3) is 6.45. The minimum Gasteiger partial charge on any atom is -0.393 e. The summed E-state index contributed by atoms with van der Waals surface area (Å²) in [6, 6.07) is 4.70. The number of aromatic nitrogens is 1. The van der Waals surface area contributed by atoms with Crippen LogP contribution < -0.4 is 22.5 Å². The first-order chi connectivity index (χ1) is 15.8. The molecule has 1 aromatic heterocycles. The normalized spacial score (nSPS) is 13.7. The smallest absolute Gasteiger partial charge is 0.269 e. The summed E-state index contributed by atoms with van der Waals surface area (Å²) in [7, 11) is 0. The van der Waals surface area contributed by atoms with Gasteiger partial charge in [-0.05, 0) is 24.3 Å². The van der Waals surface area contributed by atoms with Crippen LogP contribution in [0.4, 0.5) is 18.9 Å². The Bertz CT molecular complexity index is 1060. The van der Waals surface area contributed by atoms with Crippen LogP contribution in [0.2, 0.25) is 0 Å². The summed E-state index contributed by atoms with van der Waals surface area (Å²) in [5, 5.41) is 5.22. The van der Waals surface area contributed by atoms with E-state index < -0.39 is 29.3 Å². The predicted molar refractivity (Wildman–Crippen MR) is 119 cm³/mol. The molecule has 34 heavy (non-hydrogen) atoms. The monoisotopic (exact) mass is 481 g/mol. The second-order valence-electron chi connectivity index (χ2n) is 7.10. The van der Waals surface area contributed by atoms with Crippen molar-refractivity contribution in [1.82, 2.24) is 26.3 Å². The molecule has 1 aromatic carbocycles. The molecule has 1 aliphatic rings. The Hall–Kier alpha value is -4.13. The molecule has 13 heteroatoms. The Balaban J connectivity index is 0.00000306. The molecule has 0 unspecified atom stereocenters. The van der Waals surface area contributed by atoms with Crippen molar-refractivity contribution < 1.29 is 29.0 Å². The fourth-order valence-corrected chi connectivity index (χ4v) is 3.07. The van der Waals surface area contributed by atoms with Gasteiger partial charge in [-0.2, -0.15) is 0 Å². The average molecular weight is 481 g/mol. The van der Waals surface area contributed by atoms with Gasteiger partial charge < -0.3 is 32.3 Å². The summed E-state index contributed by atoms with van der Waals surface area (Å²) < 4.78 is 39.9. The molecule has 3 rings (SSSR count). The van der Waals surface area contributed by atoms with Crippen LogP contribution in [0.15, 0.2) is 48.6 Å². The first kappa shape index (κ1) is 26.1. The number of nitrogens with two attached hydrogens (primary N) is 1. The van der Waals surface area contributed by atoms with Crippen LogP contribution in [0.5, 0.6) is 0 Å². The van der Waals surface area contributed by atoms with E-state index in [1.165, 1.54) is 16.0 Å². The number of piperazine rings is 1. The van der Waals surface area contributed by atoms with Crippen LogP contribution in [0, 0.1) is 17.5 Å². The Morgan fingerprint density at radius 3 is 2.29 bits per heavy atom. The van der Waals surface area contributed by atoms with Gasteiger partial charge in [-0.3, -0.25) is 19.4 Å². The summed E-state index contributed by atoms with van der Waals surface area (Å²) in [6.07, 6.45) is 4.41. The van der Waals surface area contributed by atoms with Crippen molar-refractivity contribution in [3.8, 4) is 0 Å². The number of hydrogen-bond acceptors (Lipinski definition) is 7. The second kappa shape index (κ2) is 11.7. The van der Waals surface area contributed by atoms with E-state index in [1.807, 2.05) is 0 Å². The molecule has 1 aliphatic heterocycles.